The van der Waals surface area contributed by atoms with Gasteiger partial charge in [0.15, 0.2) is 0 Å². The Balaban J connectivity index is 4.82. The third kappa shape index (κ3) is 6.38. The standard InChI is InChI=1S/C10H13F9/c1-6(2)3-7(11,12)4-8(13,14)5-9(15,16)10(17,18)19/h6H,3-5H2,1-2H3. The van der Waals surface area contributed by atoms with Gasteiger partial charge in [0.2, 0.25) is 0 Å². The zero-order chi connectivity index (χ0) is 15.7. The highest BCUT2D eigenvalue weighted by Gasteiger charge is 2.62. The molecule has 0 nitrogen and oxygen atoms in total. The van der Waals surface area contributed by atoms with E-state index in [0.717, 1.165) is 0 Å². The van der Waals surface area contributed by atoms with Crippen LogP contribution in [0.1, 0.15) is 33.1 Å². The van der Waals surface area contributed by atoms with Gasteiger partial charge in [-0.05, 0) is 5.92 Å². The maximum absolute atomic E-state index is 13.0. The van der Waals surface area contributed by atoms with Crippen LogP contribution in [0.5, 0.6) is 0 Å². The molecule has 0 saturated heterocycles. The van der Waals surface area contributed by atoms with Crippen LogP contribution in [0.4, 0.5) is 39.5 Å². The Morgan fingerprint density at radius 3 is 1.42 bits per heavy atom. The molecule has 0 aliphatic rings. The van der Waals surface area contributed by atoms with Crippen molar-refractivity contribution in [3.8, 4) is 0 Å². The Morgan fingerprint density at radius 2 is 1.11 bits per heavy atom. The lowest BCUT2D eigenvalue weighted by molar-refractivity contribution is -0.304. The molecule has 0 aromatic carbocycles. The Hall–Kier alpha value is -0.630. The van der Waals surface area contributed by atoms with Crippen molar-refractivity contribution >= 4 is 0 Å². The molecule has 116 valence electrons. The van der Waals surface area contributed by atoms with Crippen LogP contribution in [-0.2, 0) is 0 Å². The van der Waals surface area contributed by atoms with Crippen molar-refractivity contribution in [2.45, 2.75) is 57.1 Å². The quantitative estimate of drug-likeness (QED) is 0.586. The number of halogens is 9. The largest absolute Gasteiger partial charge is 0.453 e. The van der Waals surface area contributed by atoms with Crippen LogP contribution >= 0.6 is 0 Å². The van der Waals surface area contributed by atoms with E-state index in [1.165, 1.54) is 13.8 Å². The average molecular weight is 304 g/mol. The topological polar surface area (TPSA) is 0 Å². The van der Waals surface area contributed by atoms with Gasteiger partial charge in [-0.3, -0.25) is 0 Å². The van der Waals surface area contributed by atoms with Gasteiger partial charge in [0, 0.05) is 6.42 Å². The normalized spacial score (nSPS) is 15.2. The van der Waals surface area contributed by atoms with Crippen molar-refractivity contribution in [1.29, 1.82) is 0 Å². The zero-order valence-electron chi connectivity index (χ0n) is 10.1. The van der Waals surface area contributed by atoms with Crippen molar-refractivity contribution in [3.05, 3.63) is 0 Å². The highest BCUT2D eigenvalue weighted by molar-refractivity contribution is 4.87. The summed E-state index contributed by atoms with van der Waals surface area (Å²) < 4.78 is 112. The fourth-order valence-electron chi connectivity index (χ4n) is 1.54. The third-order valence-electron chi connectivity index (χ3n) is 2.12. The smallest absolute Gasteiger partial charge is 0.207 e. The molecular formula is C10H13F9. The van der Waals surface area contributed by atoms with E-state index >= 15 is 0 Å². The van der Waals surface area contributed by atoms with Crippen LogP contribution in [0.2, 0.25) is 0 Å². The van der Waals surface area contributed by atoms with Crippen LogP contribution in [0.15, 0.2) is 0 Å². The fraction of sp³-hybridized carbons (Fsp3) is 1.00. The maximum atomic E-state index is 13.0. The van der Waals surface area contributed by atoms with Crippen LogP contribution in [0.25, 0.3) is 0 Å². The number of alkyl halides is 9. The summed E-state index contributed by atoms with van der Waals surface area (Å²) >= 11 is 0. The molecule has 0 aromatic rings. The van der Waals surface area contributed by atoms with Crippen molar-refractivity contribution in [2.24, 2.45) is 5.92 Å². The SMILES string of the molecule is CC(C)CC(F)(F)CC(F)(F)CC(F)(F)C(F)(F)F. The van der Waals surface area contributed by atoms with Crippen molar-refractivity contribution in [1.82, 2.24) is 0 Å². The van der Waals surface area contributed by atoms with E-state index in [1.807, 2.05) is 0 Å². The van der Waals surface area contributed by atoms with Gasteiger partial charge in [0.05, 0.1) is 12.8 Å². The third-order valence-corrected chi connectivity index (χ3v) is 2.12. The van der Waals surface area contributed by atoms with Crippen molar-refractivity contribution < 1.29 is 39.5 Å². The zero-order valence-corrected chi connectivity index (χ0v) is 10.1. The van der Waals surface area contributed by atoms with Crippen molar-refractivity contribution in [3.63, 3.8) is 0 Å². The molecule has 0 aliphatic carbocycles. The summed E-state index contributed by atoms with van der Waals surface area (Å²) in [5, 5.41) is 0. The summed E-state index contributed by atoms with van der Waals surface area (Å²) in [6, 6.07) is 0. The molecule has 0 aromatic heterocycles. The van der Waals surface area contributed by atoms with Gasteiger partial charge in [0.25, 0.3) is 11.8 Å². The average Bonchev–Trinajstić information content (AvgIpc) is 1.91. The summed E-state index contributed by atoms with van der Waals surface area (Å²) in [4.78, 5) is 0. The Labute approximate surface area is 104 Å². The second-order valence-electron chi connectivity index (χ2n) is 4.87. The first-order chi connectivity index (χ1) is 8.08. The first-order valence-corrected chi connectivity index (χ1v) is 5.28. The molecule has 0 spiro atoms. The molecule has 0 bridgehead atoms. The summed E-state index contributed by atoms with van der Waals surface area (Å²) in [6.45, 7) is 2.58. The minimum absolute atomic E-state index is 0.700. The molecule has 0 fully saturated rings. The molecule has 0 aliphatic heterocycles. The van der Waals surface area contributed by atoms with E-state index in [9.17, 15) is 39.5 Å². The van der Waals surface area contributed by atoms with E-state index in [0.29, 0.717) is 0 Å². The Kier molecular flexibility index (Phi) is 5.22. The maximum Gasteiger partial charge on any atom is 0.453 e. The van der Waals surface area contributed by atoms with Gasteiger partial charge in [-0.1, -0.05) is 13.8 Å². The summed E-state index contributed by atoms with van der Waals surface area (Å²) in [5.74, 6) is -15.2. The van der Waals surface area contributed by atoms with E-state index in [4.69, 9.17) is 0 Å². The monoisotopic (exact) mass is 304 g/mol. The Morgan fingerprint density at radius 1 is 0.684 bits per heavy atom. The van der Waals surface area contributed by atoms with E-state index < -0.39 is 49.1 Å². The number of hydrogen-bond acceptors (Lipinski definition) is 0. The molecular weight excluding hydrogens is 291 g/mol. The molecule has 0 unspecified atom stereocenters. The van der Waals surface area contributed by atoms with Gasteiger partial charge in [-0.15, -0.1) is 0 Å². The molecule has 0 saturated carbocycles. The number of rotatable bonds is 6. The molecule has 19 heavy (non-hydrogen) atoms. The van der Waals surface area contributed by atoms with Crippen molar-refractivity contribution in [2.75, 3.05) is 0 Å². The molecule has 0 rings (SSSR count). The second-order valence-corrected chi connectivity index (χ2v) is 4.87. The lowest BCUT2D eigenvalue weighted by Gasteiger charge is -2.28. The molecule has 0 atom stereocenters. The number of hydrogen-bond donors (Lipinski definition) is 0. The van der Waals surface area contributed by atoms with E-state index in [2.05, 4.69) is 0 Å². The summed E-state index contributed by atoms with van der Waals surface area (Å²) in [6.07, 6.45) is -12.5. The minimum atomic E-state index is -6.19. The molecule has 0 amide bonds. The van der Waals surface area contributed by atoms with Crippen LogP contribution in [0.3, 0.4) is 0 Å². The molecule has 9 heteroatoms. The lowest BCUT2D eigenvalue weighted by atomic mass is 9.96. The first-order valence-electron chi connectivity index (χ1n) is 5.28. The Bertz CT molecular complexity index is 290. The fourth-order valence-corrected chi connectivity index (χ4v) is 1.54. The van der Waals surface area contributed by atoms with Crippen LogP contribution in [-0.4, -0.2) is 23.9 Å². The summed E-state index contributed by atoms with van der Waals surface area (Å²) in [7, 11) is 0. The van der Waals surface area contributed by atoms with Gasteiger partial charge in [-0.2, -0.15) is 22.0 Å². The van der Waals surface area contributed by atoms with Gasteiger partial charge < -0.3 is 0 Å². The highest BCUT2D eigenvalue weighted by atomic mass is 19.4. The second kappa shape index (κ2) is 5.40. The minimum Gasteiger partial charge on any atom is -0.207 e. The predicted octanol–water partition coefficient (Wildman–Crippen LogP) is 5.28. The molecule has 0 N–H and O–H groups in total. The molecule has 0 radical (unpaired) electrons. The van der Waals surface area contributed by atoms with Gasteiger partial charge >= 0.3 is 12.1 Å². The van der Waals surface area contributed by atoms with Crippen LogP contribution in [0, 0.1) is 5.92 Å². The lowest BCUT2D eigenvalue weighted by Crippen LogP contribution is -2.43. The highest BCUT2D eigenvalue weighted by Crippen LogP contribution is 2.46. The van der Waals surface area contributed by atoms with Gasteiger partial charge in [0.1, 0.15) is 0 Å². The van der Waals surface area contributed by atoms with Gasteiger partial charge in [-0.25, -0.2) is 17.6 Å². The predicted molar refractivity (Wildman–Crippen MR) is 49.6 cm³/mol. The van der Waals surface area contributed by atoms with E-state index in [-0.39, 0.29) is 0 Å². The van der Waals surface area contributed by atoms with Crippen LogP contribution < -0.4 is 0 Å². The summed E-state index contributed by atoms with van der Waals surface area (Å²) in [5.41, 5.74) is 0. The molecule has 0 heterocycles. The van der Waals surface area contributed by atoms with E-state index in [1.54, 1.807) is 0 Å². The first kappa shape index (κ1) is 18.4.